The number of ether oxygens (including phenoxy) is 1. The molecular weight excluding hydrogens is 451 g/mol. The number of esters is 1. The minimum atomic E-state index is -2.48. The first-order chi connectivity index (χ1) is 13.5. The first-order valence-corrected chi connectivity index (χ1v) is 18.7. The Kier molecular flexibility index (Phi) is 12.5. The summed E-state index contributed by atoms with van der Waals surface area (Å²) in [5.74, 6) is -0.293. The molecule has 1 aromatic rings. The molecule has 156 valence electrons. The first-order valence-electron chi connectivity index (χ1n) is 11.0. The number of methoxy groups -OCH3 is 1. The van der Waals surface area contributed by atoms with Crippen molar-refractivity contribution < 1.29 is 9.53 Å². The van der Waals surface area contributed by atoms with E-state index in [1.807, 2.05) is 0 Å². The van der Waals surface area contributed by atoms with E-state index in [1.165, 1.54) is 70.1 Å². The van der Waals surface area contributed by atoms with Gasteiger partial charge in [-0.15, -0.1) is 0 Å². The summed E-state index contributed by atoms with van der Waals surface area (Å²) < 4.78 is 11.9. The average Bonchev–Trinajstić information content (AvgIpc) is 2.74. The van der Waals surface area contributed by atoms with Crippen LogP contribution in [0.25, 0.3) is 5.57 Å². The van der Waals surface area contributed by atoms with E-state index in [0.29, 0.717) is 12.0 Å². The van der Waals surface area contributed by atoms with E-state index < -0.39 is 18.4 Å². The van der Waals surface area contributed by atoms with Crippen LogP contribution in [0.3, 0.4) is 0 Å². The fraction of sp³-hybridized carbons (Fsp3) is 0.560. The summed E-state index contributed by atoms with van der Waals surface area (Å²) in [6, 6.07) is 10.6. The third-order valence-electron chi connectivity index (χ3n) is 5.59. The maximum absolute atomic E-state index is 12.0. The number of benzene rings is 1. The summed E-state index contributed by atoms with van der Waals surface area (Å²) in [4.78, 5) is 12.0. The molecule has 0 aromatic heterocycles. The molecule has 0 aliphatic carbocycles. The molecule has 0 aliphatic heterocycles. The van der Waals surface area contributed by atoms with Crippen LogP contribution in [0.1, 0.15) is 71.3 Å². The molecule has 3 heteroatoms. The van der Waals surface area contributed by atoms with Gasteiger partial charge in [-0.2, -0.15) is 0 Å². The Hall–Kier alpha value is -1.03. The van der Waals surface area contributed by atoms with E-state index in [-0.39, 0.29) is 5.97 Å². The van der Waals surface area contributed by atoms with Gasteiger partial charge in [-0.3, -0.25) is 0 Å². The number of hydrogen-bond donors (Lipinski definition) is 0. The molecule has 1 aromatic carbocycles. The van der Waals surface area contributed by atoms with Gasteiger partial charge in [0.1, 0.15) is 0 Å². The zero-order chi connectivity index (χ0) is 20.8. The number of rotatable bonds is 14. The fourth-order valence-electron chi connectivity index (χ4n) is 3.88. The molecular formula is C25H40O2Sn. The maximum atomic E-state index is 12.0. The first kappa shape index (κ1) is 25.0. The van der Waals surface area contributed by atoms with Crippen molar-refractivity contribution in [3.05, 3.63) is 52.1 Å². The van der Waals surface area contributed by atoms with Gasteiger partial charge in [0.05, 0.1) is 0 Å². The predicted molar refractivity (Wildman–Crippen MR) is 125 cm³/mol. The Balaban J connectivity index is 3.36. The molecule has 0 amide bonds. The number of hydrogen-bond acceptors (Lipinski definition) is 2. The summed E-state index contributed by atoms with van der Waals surface area (Å²) in [5, 5.41) is 0. The third kappa shape index (κ3) is 8.55. The van der Waals surface area contributed by atoms with Crippen molar-refractivity contribution in [1.82, 2.24) is 0 Å². The molecule has 0 aliphatic rings. The van der Waals surface area contributed by atoms with Crippen molar-refractivity contribution in [3.63, 3.8) is 0 Å². The van der Waals surface area contributed by atoms with Crippen LogP contribution >= 0.6 is 0 Å². The van der Waals surface area contributed by atoms with Crippen molar-refractivity contribution in [1.29, 1.82) is 0 Å². The van der Waals surface area contributed by atoms with E-state index in [2.05, 4.69) is 61.8 Å². The van der Waals surface area contributed by atoms with E-state index >= 15 is 0 Å². The second kappa shape index (κ2) is 14.0. The molecule has 1 rings (SSSR count). The van der Waals surface area contributed by atoms with Gasteiger partial charge in [-0.1, -0.05) is 0 Å². The number of carbonyl (C=O) groups excluding carboxylic acids is 1. The minimum absolute atomic E-state index is 0.293. The summed E-state index contributed by atoms with van der Waals surface area (Å²) >= 11 is -2.48. The van der Waals surface area contributed by atoms with Gasteiger partial charge in [0.2, 0.25) is 0 Å². The summed E-state index contributed by atoms with van der Waals surface area (Å²) in [6.07, 6.45) is 8.39. The molecule has 0 fully saturated rings. The molecule has 0 bridgehead atoms. The average molecular weight is 491 g/mol. The molecule has 0 atom stereocenters. The second-order valence-corrected chi connectivity index (χ2v) is 20.9. The Labute approximate surface area is 177 Å². The monoisotopic (exact) mass is 492 g/mol. The Morgan fingerprint density at radius 3 is 1.89 bits per heavy atom. The molecule has 0 N–H and O–H groups in total. The molecule has 0 unspecified atom stereocenters. The van der Waals surface area contributed by atoms with Crippen molar-refractivity contribution in [2.75, 3.05) is 7.11 Å². The van der Waals surface area contributed by atoms with Gasteiger partial charge in [-0.05, 0) is 0 Å². The van der Waals surface area contributed by atoms with E-state index in [1.54, 1.807) is 0 Å². The number of carbonyl (C=O) groups is 1. The number of unbranched alkanes of at least 4 members (excludes halogenated alkanes) is 3. The van der Waals surface area contributed by atoms with Crippen LogP contribution in [0.15, 0.2) is 46.6 Å². The van der Waals surface area contributed by atoms with Gasteiger partial charge < -0.3 is 0 Å². The van der Waals surface area contributed by atoms with Crippen molar-refractivity contribution in [2.45, 2.75) is 79.0 Å². The number of allylic oxidation sites excluding steroid dienone is 1. The zero-order valence-corrected chi connectivity index (χ0v) is 21.4. The van der Waals surface area contributed by atoms with Crippen LogP contribution < -0.4 is 0 Å². The normalized spacial score (nSPS) is 12.1. The summed E-state index contributed by atoms with van der Waals surface area (Å²) in [6.45, 7) is 10.9. The molecule has 0 radical (unpaired) electrons. The third-order valence-corrected chi connectivity index (χ3v) is 19.9. The Bertz CT molecular complexity index is 597. The standard InChI is InChI=1S/C13H13O2.3C4H9.Sn/c1-10(9-11(2)13(14)15-3)12-7-5-4-6-8-12;3*1-3-4-2;/h1,4-8H,2,9H2,3H3;3*1,3-4H2,2H3;. The Morgan fingerprint density at radius 1 is 0.964 bits per heavy atom. The van der Waals surface area contributed by atoms with Crippen molar-refractivity contribution in [2.24, 2.45) is 0 Å². The fourth-order valence-corrected chi connectivity index (χ4v) is 19.2. The van der Waals surface area contributed by atoms with E-state index in [0.717, 1.165) is 0 Å². The van der Waals surface area contributed by atoms with Crippen LogP contribution in [0.2, 0.25) is 13.3 Å². The Morgan fingerprint density at radius 2 is 1.46 bits per heavy atom. The topological polar surface area (TPSA) is 26.3 Å². The molecule has 0 saturated heterocycles. The SMILES string of the molecule is C=C(C/C(=[CH]/[Sn]([CH2]CCC)([CH2]CCC)[CH2]CCC)c1ccccc1)C(=O)OC. The molecule has 28 heavy (non-hydrogen) atoms. The van der Waals surface area contributed by atoms with Crippen LogP contribution in [0, 0.1) is 0 Å². The summed E-state index contributed by atoms with van der Waals surface area (Å²) in [7, 11) is 1.44. The van der Waals surface area contributed by atoms with E-state index in [9.17, 15) is 4.79 Å². The van der Waals surface area contributed by atoms with Crippen molar-refractivity contribution in [3.8, 4) is 0 Å². The molecule has 0 saturated carbocycles. The van der Waals surface area contributed by atoms with Gasteiger partial charge in [0, 0.05) is 0 Å². The quantitative estimate of drug-likeness (QED) is 0.152. The van der Waals surface area contributed by atoms with Crippen molar-refractivity contribution >= 4 is 29.9 Å². The van der Waals surface area contributed by atoms with Gasteiger partial charge in [0.25, 0.3) is 0 Å². The van der Waals surface area contributed by atoms with Gasteiger partial charge >= 0.3 is 178 Å². The zero-order valence-electron chi connectivity index (χ0n) is 18.6. The van der Waals surface area contributed by atoms with Gasteiger partial charge in [0.15, 0.2) is 0 Å². The van der Waals surface area contributed by atoms with E-state index in [4.69, 9.17) is 4.74 Å². The predicted octanol–water partition coefficient (Wildman–Crippen LogP) is 7.58. The molecule has 2 nitrogen and oxygen atoms in total. The van der Waals surface area contributed by atoms with Crippen LogP contribution in [-0.4, -0.2) is 31.5 Å². The molecule has 0 heterocycles. The van der Waals surface area contributed by atoms with Crippen LogP contribution in [-0.2, 0) is 9.53 Å². The second-order valence-electron chi connectivity index (χ2n) is 7.98. The summed E-state index contributed by atoms with van der Waals surface area (Å²) in [5.41, 5.74) is 3.09. The van der Waals surface area contributed by atoms with Gasteiger partial charge in [-0.25, -0.2) is 0 Å². The van der Waals surface area contributed by atoms with Crippen LogP contribution in [0.4, 0.5) is 0 Å². The molecule has 0 spiro atoms. The van der Waals surface area contributed by atoms with Crippen LogP contribution in [0.5, 0.6) is 0 Å².